The smallest absolute Gasteiger partial charge is 0.323 e. The van der Waals surface area contributed by atoms with Crippen LogP contribution in [0.5, 0.6) is 0 Å². The van der Waals surface area contributed by atoms with E-state index in [9.17, 15) is 4.79 Å². The molecule has 0 saturated carbocycles. The van der Waals surface area contributed by atoms with Gasteiger partial charge in [0.1, 0.15) is 6.04 Å². The van der Waals surface area contributed by atoms with E-state index in [-0.39, 0.29) is 17.9 Å². The van der Waals surface area contributed by atoms with Crippen LogP contribution in [0, 0.1) is 11.8 Å². The Morgan fingerprint density at radius 3 is 3.05 bits per heavy atom. The first kappa shape index (κ1) is 16.5. The molecule has 0 spiro atoms. The van der Waals surface area contributed by atoms with Crippen molar-refractivity contribution in [1.82, 2.24) is 5.32 Å². The molecule has 0 bridgehead atoms. The van der Waals surface area contributed by atoms with E-state index >= 15 is 0 Å². The molecule has 0 radical (unpaired) electrons. The first-order chi connectivity index (χ1) is 9.58. The molecule has 1 rings (SSSR count). The highest BCUT2D eigenvalue weighted by molar-refractivity contribution is 5.76. The Kier molecular flexibility index (Phi) is 7.12. The van der Waals surface area contributed by atoms with E-state index in [0.717, 1.165) is 12.8 Å². The lowest BCUT2D eigenvalue weighted by Gasteiger charge is -2.31. The molecule has 0 saturated heterocycles. The second kappa shape index (κ2) is 8.61. The fourth-order valence-electron chi connectivity index (χ4n) is 2.87. The quantitative estimate of drug-likeness (QED) is 0.194. The minimum atomic E-state index is -0.280. The Bertz CT molecular complexity index is 402. The van der Waals surface area contributed by atoms with E-state index in [4.69, 9.17) is 10.3 Å². The third-order valence-electron chi connectivity index (χ3n) is 3.62. The van der Waals surface area contributed by atoms with Gasteiger partial charge in [-0.25, -0.2) is 0 Å². The maximum Gasteiger partial charge on any atom is 0.323 e. The topological polar surface area (TPSA) is 87.1 Å². The van der Waals surface area contributed by atoms with Gasteiger partial charge in [-0.15, -0.1) is 0 Å². The zero-order valence-electron chi connectivity index (χ0n) is 12.5. The van der Waals surface area contributed by atoms with Crippen molar-refractivity contribution in [3.8, 4) is 0 Å². The molecule has 0 heterocycles. The van der Waals surface area contributed by atoms with Crippen LogP contribution in [0.25, 0.3) is 10.4 Å². The lowest BCUT2D eigenvalue weighted by atomic mass is 9.79. The summed E-state index contributed by atoms with van der Waals surface area (Å²) in [4.78, 5) is 14.7. The fourth-order valence-corrected chi connectivity index (χ4v) is 2.87. The number of rotatable bonds is 7. The summed E-state index contributed by atoms with van der Waals surface area (Å²) in [5.41, 5.74) is 9.55. The molecule has 0 aromatic carbocycles. The summed E-state index contributed by atoms with van der Waals surface area (Å²) in [7, 11) is 1.42. The number of nitrogens with zero attached hydrogens (tertiary/aromatic N) is 3. The number of nitrogens with one attached hydrogen (secondary N) is 1. The van der Waals surface area contributed by atoms with E-state index in [0.29, 0.717) is 25.4 Å². The summed E-state index contributed by atoms with van der Waals surface area (Å²) in [5, 5.41) is 6.74. The standard InChI is InChI=1S/C14H24N4O2/c1-10-7-11(2)9-12(8-10)13(14(19)20-3)16-5-4-6-17-18-15/h7,10,12-13,16H,4-6,8-9H2,1-3H3. The SMILES string of the molecule is COC(=O)C(NCCCN=[N+]=[N-])C1CC(C)=CC(C)C1. The number of ether oxygens (including phenoxy) is 1. The van der Waals surface area contributed by atoms with Crippen molar-refractivity contribution >= 4 is 5.97 Å². The van der Waals surface area contributed by atoms with E-state index < -0.39 is 0 Å². The molecule has 6 nitrogen and oxygen atoms in total. The van der Waals surface area contributed by atoms with Crippen molar-refractivity contribution in [1.29, 1.82) is 0 Å². The highest BCUT2D eigenvalue weighted by atomic mass is 16.5. The van der Waals surface area contributed by atoms with Crippen molar-refractivity contribution in [3.05, 3.63) is 22.1 Å². The number of esters is 1. The Labute approximate surface area is 120 Å². The molecule has 0 amide bonds. The van der Waals surface area contributed by atoms with E-state index in [1.54, 1.807) is 0 Å². The van der Waals surface area contributed by atoms with Crippen LogP contribution in [0.3, 0.4) is 0 Å². The maximum absolute atomic E-state index is 12.0. The monoisotopic (exact) mass is 280 g/mol. The lowest BCUT2D eigenvalue weighted by Crippen LogP contribution is -2.45. The second-order valence-electron chi connectivity index (χ2n) is 5.45. The molecule has 3 atom stereocenters. The van der Waals surface area contributed by atoms with Gasteiger partial charge in [-0.2, -0.15) is 0 Å². The van der Waals surface area contributed by atoms with Gasteiger partial charge >= 0.3 is 5.97 Å². The Morgan fingerprint density at radius 2 is 2.45 bits per heavy atom. The van der Waals surface area contributed by atoms with Crippen LogP contribution in [0.15, 0.2) is 16.8 Å². The highest BCUT2D eigenvalue weighted by Gasteiger charge is 2.31. The second-order valence-corrected chi connectivity index (χ2v) is 5.45. The molecule has 20 heavy (non-hydrogen) atoms. The summed E-state index contributed by atoms with van der Waals surface area (Å²) in [5.74, 6) is 0.550. The summed E-state index contributed by atoms with van der Waals surface area (Å²) in [6.45, 7) is 5.37. The highest BCUT2D eigenvalue weighted by Crippen LogP contribution is 2.30. The predicted molar refractivity (Wildman–Crippen MR) is 78.1 cm³/mol. The van der Waals surface area contributed by atoms with Crippen LogP contribution in [0.4, 0.5) is 0 Å². The number of azide groups is 1. The molecule has 3 unspecified atom stereocenters. The summed E-state index contributed by atoms with van der Waals surface area (Å²) in [6.07, 6.45) is 4.90. The van der Waals surface area contributed by atoms with Gasteiger partial charge < -0.3 is 10.1 Å². The molecule has 0 fully saturated rings. The molecule has 0 aliphatic heterocycles. The first-order valence-electron chi connectivity index (χ1n) is 7.07. The van der Waals surface area contributed by atoms with E-state index in [1.807, 2.05) is 0 Å². The van der Waals surface area contributed by atoms with Crippen molar-refractivity contribution < 1.29 is 9.53 Å². The van der Waals surface area contributed by atoms with Gasteiger partial charge in [0, 0.05) is 11.5 Å². The summed E-state index contributed by atoms with van der Waals surface area (Å²) >= 11 is 0. The third kappa shape index (κ3) is 5.23. The average molecular weight is 280 g/mol. The Hall–Kier alpha value is -1.52. The van der Waals surface area contributed by atoms with Crippen LogP contribution < -0.4 is 5.32 Å². The molecule has 112 valence electrons. The van der Waals surface area contributed by atoms with Crippen LogP contribution in [0.1, 0.15) is 33.1 Å². The van der Waals surface area contributed by atoms with Gasteiger partial charge in [-0.3, -0.25) is 4.79 Å². The zero-order chi connectivity index (χ0) is 15.0. The van der Waals surface area contributed by atoms with Gasteiger partial charge in [-0.05, 0) is 50.1 Å². The van der Waals surface area contributed by atoms with E-state index in [2.05, 4.69) is 35.3 Å². The predicted octanol–water partition coefficient (Wildman–Crippen LogP) is 2.81. The lowest BCUT2D eigenvalue weighted by molar-refractivity contribution is -0.144. The number of carbonyl (C=O) groups excluding carboxylic acids is 1. The number of methoxy groups -OCH3 is 1. The molecule has 0 aromatic rings. The number of hydrogen-bond donors (Lipinski definition) is 1. The molecular weight excluding hydrogens is 256 g/mol. The molecule has 1 N–H and O–H groups in total. The van der Waals surface area contributed by atoms with Crippen molar-refractivity contribution in [3.63, 3.8) is 0 Å². The van der Waals surface area contributed by atoms with Crippen LogP contribution in [0.2, 0.25) is 0 Å². The molecule has 0 aromatic heterocycles. The van der Waals surface area contributed by atoms with Crippen LogP contribution in [-0.2, 0) is 9.53 Å². The van der Waals surface area contributed by atoms with Gasteiger partial charge in [0.15, 0.2) is 0 Å². The third-order valence-corrected chi connectivity index (χ3v) is 3.62. The maximum atomic E-state index is 12.0. The van der Waals surface area contributed by atoms with Gasteiger partial charge in [0.25, 0.3) is 0 Å². The molecule has 1 aliphatic rings. The normalized spacial score (nSPS) is 23.4. The average Bonchev–Trinajstić information content (AvgIpc) is 2.41. The van der Waals surface area contributed by atoms with E-state index in [1.165, 1.54) is 12.7 Å². The molecular formula is C14H24N4O2. The van der Waals surface area contributed by atoms with Crippen molar-refractivity contribution in [2.24, 2.45) is 17.0 Å². The summed E-state index contributed by atoms with van der Waals surface area (Å²) in [6, 6.07) is -0.280. The van der Waals surface area contributed by atoms with Crippen molar-refractivity contribution in [2.45, 2.75) is 39.2 Å². The fraction of sp³-hybridized carbons (Fsp3) is 0.786. The van der Waals surface area contributed by atoms with Crippen molar-refractivity contribution in [2.75, 3.05) is 20.2 Å². The van der Waals surface area contributed by atoms with Gasteiger partial charge in [0.05, 0.1) is 7.11 Å². The minimum absolute atomic E-state index is 0.208. The number of carbonyl (C=O) groups is 1. The zero-order valence-corrected chi connectivity index (χ0v) is 12.5. The molecule has 6 heteroatoms. The van der Waals surface area contributed by atoms with Gasteiger partial charge in [0.2, 0.25) is 0 Å². The minimum Gasteiger partial charge on any atom is -0.468 e. The number of hydrogen-bond acceptors (Lipinski definition) is 4. The Balaban J connectivity index is 2.58. The van der Waals surface area contributed by atoms with Gasteiger partial charge in [-0.1, -0.05) is 23.7 Å². The largest absolute Gasteiger partial charge is 0.468 e. The number of allylic oxidation sites excluding steroid dienone is 2. The van der Waals surface area contributed by atoms with Crippen LogP contribution in [-0.4, -0.2) is 32.2 Å². The summed E-state index contributed by atoms with van der Waals surface area (Å²) < 4.78 is 4.91. The first-order valence-corrected chi connectivity index (χ1v) is 7.07. The Morgan fingerprint density at radius 1 is 1.70 bits per heavy atom. The molecule has 1 aliphatic carbocycles. The van der Waals surface area contributed by atoms with Crippen LogP contribution >= 0.6 is 0 Å².